The lowest BCUT2D eigenvalue weighted by Gasteiger charge is -2.46. The maximum absolute atomic E-state index is 14.1. The summed E-state index contributed by atoms with van der Waals surface area (Å²) in [5.41, 5.74) is 3.93. The average molecular weight is 828 g/mol. The van der Waals surface area contributed by atoms with E-state index < -0.39 is 17.6 Å². The van der Waals surface area contributed by atoms with Crippen LogP contribution in [0.1, 0.15) is 70.0 Å². The number of esters is 1. The minimum atomic E-state index is -0.879. The van der Waals surface area contributed by atoms with Crippen molar-refractivity contribution >= 4 is 28.9 Å². The SMILES string of the molecule is COC(=O)N(Cc1ccc(CNC[C@H](O)c2ccc(O)c3[nH]c(=O)ccc23)cc1)Cc1ccc(C(=O)N2CCC(C(=O)O[C@H]3CN4CCC3CC4)(c3ccccc3)CC2)cc1. The highest BCUT2D eigenvalue weighted by molar-refractivity contribution is 5.95. The molecule has 0 spiro atoms. The molecule has 5 heterocycles. The number of aromatic nitrogens is 1. The number of amides is 2. The maximum atomic E-state index is 14.1. The fraction of sp³-hybridized carbons (Fsp3) is 0.375. The minimum absolute atomic E-state index is 0.0619. The highest BCUT2D eigenvalue weighted by Gasteiger charge is 2.47. The zero-order valence-corrected chi connectivity index (χ0v) is 34.4. The number of carbonyl (C=O) groups is 3. The number of methoxy groups -OCH3 is 1. The van der Waals surface area contributed by atoms with Crippen molar-refractivity contribution < 1.29 is 34.1 Å². The number of aromatic amines is 1. The van der Waals surface area contributed by atoms with Crippen molar-refractivity contribution in [2.45, 2.75) is 62.9 Å². The molecule has 5 aromatic rings. The van der Waals surface area contributed by atoms with E-state index in [2.05, 4.69) is 15.2 Å². The van der Waals surface area contributed by atoms with Gasteiger partial charge in [-0.2, -0.15) is 0 Å². The standard InChI is InChI=1S/C48H53N5O8/c1-60-47(59)53(29-33-9-7-32(8-10-33)27-49-28-41(55)38-15-17-40(54)44-39(38)16-18-43(56)50-44)30-34-11-13-36(14-12-34)45(57)52-25-21-48(22-26-52,37-5-3-2-4-6-37)46(58)61-42-31-51-23-19-35(42)20-24-51/h2-18,35,41-42,49,54-55H,19-31H2,1H3,(H,50,56)/t41-,42-/m0/s1. The minimum Gasteiger partial charge on any atom is -0.506 e. The number of aromatic hydroxyl groups is 1. The van der Waals surface area contributed by atoms with Crippen LogP contribution in [0.15, 0.2) is 108 Å². The number of ether oxygens (including phenoxy) is 2. The smallest absolute Gasteiger partial charge is 0.410 e. The second-order valence-corrected chi connectivity index (χ2v) is 16.6. The number of benzene rings is 4. The molecule has 13 heteroatoms. The molecule has 0 aliphatic carbocycles. The molecule has 4 aromatic carbocycles. The van der Waals surface area contributed by atoms with Gasteiger partial charge in [0.1, 0.15) is 11.9 Å². The van der Waals surface area contributed by atoms with Gasteiger partial charge in [0.15, 0.2) is 0 Å². The molecule has 1 aromatic heterocycles. The van der Waals surface area contributed by atoms with Crippen molar-refractivity contribution in [3.8, 4) is 5.75 Å². The van der Waals surface area contributed by atoms with Crippen molar-refractivity contribution in [1.82, 2.24) is 25.0 Å². The number of aliphatic hydroxyl groups excluding tert-OH is 1. The number of carbonyl (C=O) groups excluding carboxylic acids is 3. The van der Waals surface area contributed by atoms with Crippen LogP contribution < -0.4 is 10.9 Å². The van der Waals surface area contributed by atoms with Gasteiger partial charge in [0.25, 0.3) is 5.91 Å². The van der Waals surface area contributed by atoms with Gasteiger partial charge in [-0.05, 0) is 96.8 Å². The molecule has 318 valence electrons. The van der Waals surface area contributed by atoms with Crippen LogP contribution >= 0.6 is 0 Å². The molecule has 4 saturated heterocycles. The molecule has 2 amide bonds. The van der Waals surface area contributed by atoms with Gasteiger partial charge >= 0.3 is 12.1 Å². The van der Waals surface area contributed by atoms with Gasteiger partial charge in [0.2, 0.25) is 5.56 Å². The van der Waals surface area contributed by atoms with E-state index in [9.17, 15) is 29.4 Å². The van der Waals surface area contributed by atoms with Crippen LogP contribution in [0.4, 0.5) is 4.79 Å². The summed E-state index contributed by atoms with van der Waals surface area (Å²) in [6, 6.07) is 31.0. The van der Waals surface area contributed by atoms with E-state index in [1.54, 1.807) is 29.2 Å². The third-order valence-corrected chi connectivity index (χ3v) is 12.8. The van der Waals surface area contributed by atoms with Gasteiger partial charge in [0, 0.05) is 62.8 Å². The summed E-state index contributed by atoms with van der Waals surface area (Å²) in [6.45, 7) is 5.10. The number of pyridine rings is 1. The van der Waals surface area contributed by atoms with E-state index in [0.717, 1.165) is 54.7 Å². The van der Waals surface area contributed by atoms with Crippen molar-refractivity contribution in [3.63, 3.8) is 0 Å². The normalized spacial score (nSPS) is 19.9. The molecule has 4 aliphatic heterocycles. The van der Waals surface area contributed by atoms with Crippen molar-refractivity contribution in [2.24, 2.45) is 5.92 Å². The number of likely N-dealkylation sites (tertiary alicyclic amines) is 1. The second-order valence-electron chi connectivity index (χ2n) is 16.6. The van der Waals surface area contributed by atoms with Crippen LogP contribution in [0.2, 0.25) is 0 Å². The average Bonchev–Trinajstić information content (AvgIpc) is 3.30. The number of aliphatic hydroxyl groups is 1. The number of nitrogens with zero attached hydrogens (tertiary/aromatic N) is 3. The van der Waals surface area contributed by atoms with Gasteiger partial charge in [-0.15, -0.1) is 0 Å². The monoisotopic (exact) mass is 827 g/mol. The fourth-order valence-electron chi connectivity index (χ4n) is 9.22. The molecular weight excluding hydrogens is 775 g/mol. The summed E-state index contributed by atoms with van der Waals surface area (Å²) in [5.74, 6) is 0.0808. The largest absolute Gasteiger partial charge is 0.506 e. The first-order valence-electron chi connectivity index (χ1n) is 21.1. The first-order valence-corrected chi connectivity index (χ1v) is 21.1. The molecule has 2 bridgehead atoms. The Bertz CT molecular complexity index is 2390. The third kappa shape index (κ3) is 9.19. The molecule has 2 atom stereocenters. The zero-order valence-electron chi connectivity index (χ0n) is 34.4. The predicted molar refractivity (Wildman–Crippen MR) is 230 cm³/mol. The van der Waals surface area contributed by atoms with Gasteiger partial charge < -0.3 is 34.9 Å². The lowest BCUT2D eigenvalue weighted by Crippen LogP contribution is -2.55. The Balaban J connectivity index is 0.848. The van der Waals surface area contributed by atoms with Gasteiger partial charge in [0.05, 0.1) is 24.1 Å². The quantitative estimate of drug-likeness (QED) is 0.109. The van der Waals surface area contributed by atoms with Crippen LogP contribution in [-0.4, -0.2) is 100 Å². The van der Waals surface area contributed by atoms with Crippen LogP contribution in [0.3, 0.4) is 0 Å². The maximum Gasteiger partial charge on any atom is 0.410 e. The third-order valence-electron chi connectivity index (χ3n) is 12.8. The second kappa shape index (κ2) is 18.3. The number of hydrogen-bond donors (Lipinski definition) is 4. The summed E-state index contributed by atoms with van der Waals surface area (Å²) in [7, 11) is 1.35. The van der Waals surface area contributed by atoms with Crippen LogP contribution in [0.5, 0.6) is 5.75 Å². The first kappa shape index (κ1) is 41.7. The molecule has 0 radical (unpaired) electrons. The lowest BCUT2D eigenvalue weighted by atomic mass is 9.72. The Kier molecular flexibility index (Phi) is 12.5. The Morgan fingerprint density at radius 3 is 2.15 bits per heavy atom. The van der Waals surface area contributed by atoms with E-state index in [-0.39, 0.29) is 47.9 Å². The summed E-state index contributed by atoms with van der Waals surface area (Å²) in [5, 5.41) is 24.9. The number of piperidine rings is 4. The summed E-state index contributed by atoms with van der Waals surface area (Å²) in [4.78, 5) is 60.9. The molecule has 13 nitrogen and oxygen atoms in total. The number of H-pyrrole nitrogens is 1. The number of rotatable bonds is 13. The Labute approximate surface area is 354 Å². The van der Waals surface area contributed by atoms with Gasteiger partial charge in [-0.25, -0.2) is 4.79 Å². The van der Waals surface area contributed by atoms with Crippen molar-refractivity contribution in [2.75, 3.05) is 46.4 Å². The van der Waals surface area contributed by atoms with E-state index >= 15 is 0 Å². The number of phenolic OH excluding ortho intramolecular Hbond substituents is 1. The van der Waals surface area contributed by atoms with Crippen LogP contribution in [0, 0.1) is 5.92 Å². The van der Waals surface area contributed by atoms with E-state index in [0.29, 0.717) is 61.5 Å². The van der Waals surface area contributed by atoms with Gasteiger partial charge in [-0.3, -0.25) is 24.2 Å². The molecular formula is C48H53N5O8. The van der Waals surface area contributed by atoms with E-state index in [4.69, 9.17) is 9.47 Å². The number of hydrogen-bond acceptors (Lipinski definition) is 10. The highest BCUT2D eigenvalue weighted by atomic mass is 16.5. The Morgan fingerprint density at radius 1 is 0.852 bits per heavy atom. The molecule has 0 saturated carbocycles. The number of nitrogens with one attached hydrogen (secondary N) is 2. The predicted octanol–water partition coefficient (Wildman–Crippen LogP) is 5.64. The molecule has 61 heavy (non-hydrogen) atoms. The van der Waals surface area contributed by atoms with E-state index in [1.165, 1.54) is 19.2 Å². The summed E-state index contributed by atoms with van der Waals surface area (Å²) < 4.78 is 11.4. The lowest BCUT2D eigenvalue weighted by molar-refractivity contribution is -0.167. The van der Waals surface area contributed by atoms with Crippen molar-refractivity contribution in [3.05, 3.63) is 147 Å². The highest BCUT2D eigenvalue weighted by Crippen LogP contribution is 2.39. The Hall–Kier alpha value is -6.02. The number of phenols is 1. The zero-order chi connectivity index (χ0) is 42.5. The first-order chi connectivity index (χ1) is 29.6. The van der Waals surface area contributed by atoms with Crippen LogP contribution in [0.25, 0.3) is 10.9 Å². The number of fused-ring (bicyclic) bond motifs is 4. The summed E-state index contributed by atoms with van der Waals surface area (Å²) in [6.07, 6.45) is 1.66. The summed E-state index contributed by atoms with van der Waals surface area (Å²) >= 11 is 0. The van der Waals surface area contributed by atoms with Crippen LogP contribution in [-0.2, 0) is 39.3 Å². The Morgan fingerprint density at radius 2 is 1.51 bits per heavy atom. The fourth-order valence-corrected chi connectivity index (χ4v) is 9.22. The molecule has 4 fully saturated rings. The molecule has 4 N–H and O–H groups in total. The molecule has 4 aliphatic rings. The topological polar surface area (TPSA) is 165 Å². The van der Waals surface area contributed by atoms with Crippen molar-refractivity contribution in [1.29, 1.82) is 0 Å². The molecule has 9 rings (SSSR count). The van der Waals surface area contributed by atoms with E-state index in [1.807, 2.05) is 71.6 Å². The molecule has 0 unspecified atom stereocenters. The van der Waals surface area contributed by atoms with Gasteiger partial charge in [-0.1, -0.05) is 72.8 Å².